The molecule has 2 atom stereocenters. The van der Waals surface area contributed by atoms with Gasteiger partial charge in [0.2, 0.25) is 10.0 Å². The van der Waals surface area contributed by atoms with Crippen LogP contribution in [0.15, 0.2) is 71.9 Å². The van der Waals surface area contributed by atoms with Crippen molar-refractivity contribution in [3.05, 3.63) is 72.6 Å². The van der Waals surface area contributed by atoms with E-state index in [-0.39, 0.29) is 11.4 Å². The first-order chi connectivity index (χ1) is 13.8. The van der Waals surface area contributed by atoms with Crippen molar-refractivity contribution in [1.29, 1.82) is 0 Å². The van der Waals surface area contributed by atoms with Gasteiger partial charge in [0.25, 0.3) is 0 Å². The Kier molecular flexibility index (Phi) is 6.58. The van der Waals surface area contributed by atoms with Gasteiger partial charge in [-0.3, -0.25) is 9.78 Å². The van der Waals surface area contributed by atoms with Crippen LogP contribution >= 0.6 is 0 Å². The third-order valence-corrected chi connectivity index (χ3v) is 6.12. The third kappa shape index (κ3) is 5.60. The molecule has 0 aliphatic rings. The molecule has 3 N–H and O–H groups in total. The minimum atomic E-state index is -3.74. The van der Waals surface area contributed by atoms with Crippen LogP contribution in [-0.2, 0) is 21.2 Å². The minimum Gasteiger partial charge on any atom is -0.480 e. The van der Waals surface area contributed by atoms with Crippen molar-refractivity contribution in [3.63, 3.8) is 0 Å². The molecule has 0 amide bonds. The van der Waals surface area contributed by atoms with E-state index < -0.39 is 28.1 Å². The molecule has 0 fully saturated rings. The molecule has 1 heterocycles. The van der Waals surface area contributed by atoms with Crippen molar-refractivity contribution in [1.82, 2.24) is 15.0 Å². The van der Waals surface area contributed by atoms with E-state index in [2.05, 4.69) is 15.0 Å². The molecule has 0 saturated carbocycles. The van der Waals surface area contributed by atoms with E-state index in [4.69, 9.17) is 0 Å². The van der Waals surface area contributed by atoms with Gasteiger partial charge < -0.3 is 10.4 Å². The van der Waals surface area contributed by atoms with Crippen LogP contribution in [-0.4, -0.2) is 43.1 Å². The van der Waals surface area contributed by atoms with Gasteiger partial charge in [-0.05, 0) is 42.5 Å². The SMILES string of the molecule is C[C@H](CN[C@@H](Cc1ccccc1)C(=O)O)NS(=O)(=O)c1ccc2cnccc2c1. The van der Waals surface area contributed by atoms with Gasteiger partial charge in [-0.1, -0.05) is 36.4 Å². The monoisotopic (exact) mass is 413 g/mol. The summed E-state index contributed by atoms with van der Waals surface area (Å²) in [4.78, 5) is 15.7. The fourth-order valence-electron chi connectivity index (χ4n) is 3.02. The van der Waals surface area contributed by atoms with Gasteiger partial charge in [-0.2, -0.15) is 0 Å². The Labute approximate surface area is 169 Å². The molecule has 1 aromatic heterocycles. The van der Waals surface area contributed by atoms with E-state index in [0.717, 1.165) is 16.3 Å². The van der Waals surface area contributed by atoms with Crippen molar-refractivity contribution in [2.45, 2.75) is 30.3 Å². The Balaban J connectivity index is 1.63. The minimum absolute atomic E-state index is 0.155. The highest BCUT2D eigenvalue weighted by Crippen LogP contribution is 2.18. The molecule has 3 rings (SSSR count). The highest BCUT2D eigenvalue weighted by atomic mass is 32.2. The molecule has 2 aromatic carbocycles. The van der Waals surface area contributed by atoms with Crippen molar-refractivity contribution >= 4 is 26.8 Å². The fourth-order valence-corrected chi connectivity index (χ4v) is 4.30. The van der Waals surface area contributed by atoms with Crippen LogP contribution in [0.5, 0.6) is 0 Å². The number of nitrogens with zero attached hydrogens (tertiary/aromatic N) is 1. The molecule has 29 heavy (non-hydrogen) atoms. The number of sulfonamides is 1. The fraction of sp³-hybridized carbons (Fsp3) is 0.238. The Bertz CT molecular complexity index is 1090. The summed E-state index contributed by atoms with van der Waals surface area (Å²) >= 11 is 0. The molecule has 8 heteroatoms. The van der Waals surface area contributed by atoms with Crippen molar-refractivity contribution in [2.24, 2.45) is 0 Å². The zero-order chi connectivity index (χ0) is 20.9. The van der Waals surface area contributed by atoms with E-state index >= 15 is 0 Å². The molecule has 0 unspecified atom stereocenters. The molecule has 0 bridgehead atoms. The highest BCUT2D eigenvalue weighted by Gasteiger charge is 2.21. The summed E-state index contributed by atoms with van der Waals surface area (Å²) in [7, 11) is -3.74. The van der Waals surface area contributed by atoms with Crippen LogP contribution in [0, 0.1) is 0 Å². The number of aromatic nitrogens is 1. The Morgan fingerprint density at radius 2 is 1.86 bits per heavy atom. The summed E-state index contributed by atoms with van der Waals surface area (Å²) in [5.41, 5.74) is 0.895. The summed E-state index contributed by atoms with van der Waals surface area (Å²) in [6, 6.07) is 14.6. The lowest BCUT2D eigenvalue weighted by atomic mass is 10.1. The molecule has 0 spiro atoms. The standard InChI is InChI=1S/C21H23N3O4S/c1-15(13-23-20(21(25)26)11-16-5-3-2-4-6-16)24-29(27,28)19-8-7-18-14-22-10-9-17(18)12-19/h2-10,12,14-15,20,23-24H,11,13H2,1H3,(H,25,26)/t15-,20+/m1/s1. The van der Waals surface area contributed by atoms with Gasteiger partial charge in [0.05, 0.1) is 4.90 Å². The summed E-state index contributed by atoms with van der Waals surface area (Å²) in [6.45, 7) is 1.87. The molecule has 152 valence electrons. The normalized spacial score (nSPS) is 13.8. The second-order valence-electron chi connectivity index (χ2n) is 6.90. The first-order valence-corrected chi connectivity index (χ1v) is 10.7. The van der Waals surface area contributed by atoms with Gasteiger partial charge >= 0.3 is 5.97 Å². The number of pyridine rings is 1. The van der Waals surface area contributed by atoms with Gasteiger partial charge in [-0.25, -0.2) is 13.1 Å². The van der Waals surface area contributed by atoms with Crippen LogP contribution < -0.4 is 10.0 Å². The lowest BCUT2D eigenvalue weighted by Gasteiger charge is -2.19. The predicted molar refractivity (Wildman–Crippen MR) is 111 cm³/mol. The number of hydrogen-bond acceptors (Lipinski definition) is 5. The number of carboxylic acids is 1. The van der Waals surface area contributed by atoms with E-state index in [0.29, 0.717) is 6.42 Å². The van der Waals surface area contributed by atoms with Gasteiger partial charge in [0, 0.05) is 30.4 Å². The number of benzene rings is 2. The average molecular weight is 413 g/mol. The van der Waals surface area contributed by atoms with Gasteiger partial charge in [-0.15, -0.1) is 0 Å². The number of nitrogens with one attached hydrogen (secondary N) is 2. The maximum atomic E-state index is 12.7. The number of carbonyl (C=O) groups is 1. The lowest BCUT2D eigenvalue weighted by Crippen LogP contribution is -2.46. The maximum Gasteiger partial charge on any atom is 0.321 e. The molecule has 0 radical (unpaired) electrons. The Morgan fingerprint density at radius 1 is 1.10 bits per heavy atom. The van der Waals surface area contributed by atoms with Crippen molar-refractivity contribution in [2.75, 3.05) is 6.54 Å². The van der Waals surface area contributed by atoms with Crippen LogP contribution in [0.3, 0.4) is 0 Å². The van der Waals surface area contributed by atoms with Crippen molar-refractivity contribution in [3.8, 4) is 0 Å². The smallest absolute Gasteiger partial charge is 0.321 e. The maximum absolute atomic E-state index is 12.7. The number of carboxylic acid groups (broad SMARTS) is 1. The highest BCUT2D eigenvalue weighted by molar-refractivity contribution is 7.89. The largest absolute Gasteiger partial charge is 0.480 e. The molecule has 0 aliphatic carbocycles. The van der Waals surface area contributed by atoms with E-state index in [1.807, 2.05) is 30.3 Å². The van der Waals surface area contributed by atoms with Crippen molar-refractivity contribution < 1.29 is 18.3 Å². The first-order valence-electron chi connectivity index (χ1n) is 9.21. The molecular weight excluding hydrogens is 390 g/mol. The molecule has 7 nitrogen and oxygen atoms in total. The molecule has 3 aromatic rings. The number of hydrogen-bond donors (Lipinski definition) is 3. The molecular formula is C21H23N3O4S. The van der Waals surface area contributed by atoms with Gasteiger partial charge in [0.1, 0.15) is 6.04 Å². The van der Waals surface area contributed by atoms with Crippen LogP contribution in [0.1, 0.15) is 12.5 Å². The zero-order valence-corrected chi connectivity index (χ0v) is 16.8. The Hall–Kier alpha value is -2.81. The van der Waals surface area contributed by atoms with E-state index in [1.165, 1.54) is 6.07 Å². The molecule has 0 saturated heterocycles. The van der Waals surface area contributed by atoms with Gasteiger partial charge in [0.15, 0.2) is 0 Å². The predicted octanol–water partition coefficient (Wildman–Crippen LogP) is 2.19. The number of rotatable bonds is 9. The Morgan fingerprint density at radius 3 is 2.59 bits per heavy atom. The quantitative estimate of drug-likeness (QED) is 0.496. The third-order valence-electron chi connectivity index (χ3n) is 4.53. The van der Waals surface area contributed by atoms with Crippen LogP contribution in [0.25, 0.3) is 10.8 Å². The second-order valence-corrected chi connectivity index (χ2v) is 8.61. The topological polar surface area (TPSA) is 108 Å². The average Bonchev–Trinajstić information content (AvgIpc) is 2.71. The zero-order valence-electron chi connectivity index (χ0n) is 15.9. The summed E-state index contributed by atoms with van der Waals surface area (Å²) in [6.07, 6.45) is 3.59. The van der Waals surface area contributed by atoms with Crippen LogP contribution in [0.2, 0.25) is 0 Å². The number of aliphatic carboxylic acids is 1. The first kappa shape index (κ1) is 20.9. The van der Waals surface area contributed by atoms with Crippen LogP contribution in [0.4, 0.5) is 0 Å². The van der Waals surface area contributed by atoms with E-state index in [9.17, 15) is 18.3 Å². The number of fused-ring (bicyclic) bond motifs is 1. The summed E-state index contributed by atoms with van der Waals surface area (Å²) in [5.74, 6) is -0.980. The van der Waals surface area contributed by atoms with E-state index in [1.54, 1.807) is 37.5 Å². The summed E-state index contributed by atoms with van der Waals surface area (Å²) in [5, 5.41) is 14.0. The lowest BCUT2D eigenvalue weighted by molar-refractivity contribution is -0.139. The molecule has 0 aliphatic heterocycles. The second kappa shape index (κ2) is 9.13. The summed E-state index contributed by atoms with van der Waals surface area (Å²) < 4.78 is 28.0.